The van der Waals surface area contributed by atoms with Gasteiger partial charge in [0.2, 0.25) is 0 Å². The highest BCUT2D eigenvalue weighted by molar-refractivity contribution is 5.66. The average Bonchev–Trinajstić information content (AvgIpc) is 2.73. The number of phenols is 1. The molecule has 2 aromatic carbocycles. The lowest BCUT2D eigenvalue weighted by molar-refractivity contribution is 0.469. The summed E-state index contributed by atoms with van der Waals surface area (Å²) in [4.78, 5) is 2.59. The van der Waals surface area contributed by atoms with E-state index in [1.807, 2.05) is 18.2 Å². The van der Waals surface area contributed by atoms with E-state index >= 15 is 0 Å². The number of anilines is 1. The number of hydrogen-bond donors (Lipinski definition) is 2. The highest BCUT2D eigenvalue weighted by Crippen LogP contribution is 2.38. The first-order valence-electron chi connectivity index (χ1n) is 8.18. The van der Waals surface area contributed by atoms with Gasteiger partial charge in [-0.05, 0) is 42.1 Å². The van der Waals surface area contributed by atoms with Crippen LogP contribution in [-0.4, -0.2) is 30.8 Å². The van der Waals surface area contributed by atoms with E-state index in [-0.39, 0.29) is 0 Å². The third-order valence-electron chi connectivity index (χ3n) is 4.94. The van der Waals surface area contributed by atoms with E-state index in [9.17, 15) is 5.11 Å². The largest absolute Gasteiger partial charge is 0.508 e. The molecule has 2 aliphatic heterocycles. The molecule has 22 heavy (non-hydrogen) atoms. The van der Waals surface area contributed by atoms with Crippen molar-refractivity contribution < 1.29 is 5.11 Å². The number of para-hydroxylation sites is 2. The summed E-state index contributed by atoms with van der Waals surface area (Å²) in [5.74, 6) is 0.396. The van der Waals surface area contributed by atoms with Crippen molar-refractivity contribution in [3.05, 3.63) is 59.2 Å². The maximum absolute atomic E-state index is 10.1. The molecule has 0 amide bonds. The lowest BCUT2D eigenvalue weighted by Gasteiger charge is -2.26. The lowest BCUT2D eigenvalue weighted by Crippen LogP contribution is -2.33. The van der Waals surface area contributed by atoms with Crippen LogP contribution in [0.25, 0.3) is 0 Å². The minimum Gasteiger partial charge on any atom is -0.508 e. The normalized spacial score (nSPS) is 20.4. The Bertz CT molecular complexity index is 683. The number of nitrogens with zero attached hydrogens (tertiary/aromatic N) is 1. The van der Waals surface area contributed by atoms with Gasteiger partial charge in [0.25, 0.3) is 0 Å². The van der Waals surface area contributed by atoms with Crippen LogP contribution in [-0.2, 0) is 12.8 Å². The summed E-state index contributed by atoms with van der Waals surface area (Å²) in [5.41, 5.74) is 5.23. The van der Waals surface area contributed by atoms with Gasteiger partial charge in [-0.15, -0.1) is 0 Å². The Morgan fingerprint density at radius 1 is 1.05 bits per heavy atom. The van der Waals surface area contributed by atoms with Crippen LogP contribution in [0.15, 0.2) is 42.5 Å². The second-order valence-corrected chi connectivity index (χ2v) is 6.32. The molecule has 2 heterocycles. The fourth-order valence-corrected chi connectivity index (χ4v) is 3.88. The smallest absolute Gasteiger partial charge is 0.119 e. The minimum absolute atomic E-state index is 0.396. The first-order valence-corrected chi connectivity index (χ1v) is 8.18. The molecule has 1 unspecified atom stereocenters. The monoisotopic (exact) mass is 294 g/mol. The third-order valence-corrected chi connectivity index (χ3v) is 4.94. The molecule has 2 aliphatic rings. The topological polar surface area (TPSA) is 35.5 Å². The van der Waals surface area contributed by atoms with Gasteiger partial charge in [-0.2, -0.15) is 0 Å². The number of fused-ring (bicyclic) bond motifs is 3. The van der Waals surface area contributed by atoms with E-state index in [1.54, 1.807) is 6.07 Å². The van der Waals surface area contributed by atoms with Gasteiger partial charge in [0.1, 0.15) is 5.75 Å². The van der Waals surface area contributed by atoms with Crippen molar-refractivity contribution in [1.82, 2.24) is 5.32 Å². The number of nitrogens with one attached hydrogen (secondary N) is 1. The van der Waals surface area contributed by atoms with Crippen LogP contribution < -0.4 is 10.2 Å². The molecule has 2 N–H and O–H groups in total. The average molecular weight is 294 g/mol. The molecule has 0 aromatic heterocycles. The van der Waals surface area contributed by atoms with E-state index in [1.165, 1.54) is 23.2 Å². The Kier molecular flexibility index (Phi) is 3.51. The first kappa shape index (κ1) is 13.6. The summed E-state index contributed by atoms with van der Waals surface area (Å²) >= 11 is 0. The zero-order valence-electron chi connectivity index (χ0n) is 12.8. The third kappa shape index (κ3) is 2.35. The van der Waals surface area contributed by atoms with Crippen molar-refractivity contribution in [1.29, 1.82) is 0 Å². The van der Waals surface area contributed by atoms with Crippen LogP contribution in [0.3, 0.4) is 0 Å². The molecule has 2 aromatic rings. The summed E-state index contributed by atoms with van der Waals surface area (Å²) in [6.07, 6.45) is 3.17. The molecule has 0 spiro atoms. The van der Waals surface area contributed by atoms with Gasteiger partial charge in [0, 0.05) is 31.2 Å². The molecule has 0 bridgehead atoms. The lowest BCUT2D eigenvalue weighted by atomic mass is 9.99. The van der Waals surface area contributed by atoms with Gasteiger partial charge in [0.05, 0.1) is 0 Å². The van der Waals surface area contributed by atoms with Crippen LogP contribution in [0, 0.1) is 0 Å². The summed E-state index contributed by atoms with van der Waals surface area (Å²) in [7, 11) is 0. The number of aromatic hydroxyl groups is 1. The Morgan fingerprint density at radius 3 is 2.82 bits per heavy atom. The molecular formula is C19H22N2O. The quantitative estimate of drug-likeness (QED) is 0.894. The predicted octanol–water partition coefficient (Wildman–Crippen LogP) is 2.71. The molecule has 114 valence electrons. The zero-order valence-corrected chi connectivity index (χ0v) is 12.8. The molecular weight excluding hydrogens is 272 g/mol. The standard InChI is InChI=1S/C19H22N2O/c22-18-7-2-1-4-14(18)12-15-5-3-6-16-13-17-8-9-20-10-11-21(17)19(15)16/h1-7,17,20,22H,8-13H2. The van der Waals surface area contributed by atoms with E-state index in [0.29, 0.717) is 11.8 Å². The number of rotatable bonds is 2. The molecule has 3 nitrogen and oxygen atoms in total. The fourth-order valence-electron chi connectivity index (χ4n) is 3.88. The summed E-state index contributed by atoms with van der Waals surface area (Å²) < 4.78 is 0. The Morgan fingerprint density at radius 2 is 1.91 bits per heavy atom. The van der Waals surface area contributed by atoms with Crippen molar-refractivity contribution in [2.45, 2.75) is 25.3 Å². The van der Waals surface area contributed by atoms with Crippen LogP contribution >= 0.6 is 0 Å². The molecule has 1 fully saturated rings. The van der Waals surface area contributed by atoms with E-state index < -0.39 is 0 Å². The predicted molar refractivity (Wildman–Crippen MR) is 89.7 cm³/mol. The van der Waals surface area contributed by atoms with Crippen LogP contribution in [0.5, 0.6) is 5.75 Å². The fraction of sp³-hybridized carbons (Fsp3) is 0.368. The van der Waals surface area contributed by atoms with Crippen molar-refractivity contribution >= 4 is 5.69 Å². The second-order valence-electron chi connectivity index (χ2n) is 6.32. The molecule has 0 saturated carbocycles. The Hall–Kier alpha value is -2.00. The number of phenolic OH excluding ortho intramolecular Hbond substituents is 1. The number of benzene rings is 2. The molecule has 3 heteroatoms. The van der Waals surface area contributed by atoms with Gasteiger partial charge in [-0.1, -0.05) is 36.4 Å². The van der Waals surface area contributed by atoms with Crippen molar-refractivity contribution in [2.24, 2.45) is 0 Å². The van der Waals surface area contributed by atoms with Gasteiger partial charge < -0.3 is 15.3 Å². The highest BCUT2D eigenvalue weighted by Gasteiger charge is 2.31. The van der Waals surface area contributed by atoms with Gasteiger partial charge in [-0.25, -0.2) is 0 Å². The van der Waals surface area contributed by atoms with Gasteiger partial charge in [0.15, 0.2) is 0 Å². The van der Waals surface area contributed by atoms with Crippen molar-refractivity contribution in [3.63, 3.8) is 0 Å². The molecule has 0 aliphatic carbocycles. The van der Waals surface area contributed by atoms with Crippen LogP contribution in [0.2, 0.25) is 0 Å². The maximum atomic E-state index is 10.1. The molecule has 1 atom stereocenters. The Balaban J connectivity index is 1.71. The minimum atomic E-state index is 0.396. The molecule has 1 saturated heterocycles. The number of hydrogen-bond acceptors (Lipinski definition) is 3. The zero-order chi connectivity index (χ0) is 14.9. The van der Waals surface area contributed by atoms with E-state index in [2.05, 4.69) is 28.4 Å². The van der Waals surface area contributed by atoms with Crippen molar-refractivity contribution in [3.8, 4) is 5.75 Å². The summed E-state index contributed by atoms with van der Waals surface area (Å²) in [6, 6.07) is 15.0. The molecule has 0 radical (unpaired) electrons. The highest BCUT2D eigenvalue weighted by atomic mass is 16.3. The van der Waals surface area contributed by atoms with Gasteiger partial charge >= 0.3 is 0 Å². The van der Waals surface area contributed by atoms with Gasteiger partial charge in [-0.3, -0.25) is 0 Å². The molecule has 4 rings (SSSR count). The summed E-state index contributed by atoms with van der Waals surface area (Å²) in [6.45, 7) is 3.25. The van der Waals surface area contributed by atoms with E-state index in [4.69, 9.17) is 0 Å². The van der Waals surface area contributed by atoms with Crippen LogP contribution in [0.1, 0.15) is 23.1 Å². The first-order chi connectivity index (χ1) is 10.8. The Labute approximate surface area is 131 Å². The van der Waals surface area contributed by atoms with Crippen molar-refractivity contribution in [2.75, 3.05) is 24.5 Å². The van der Waals surface area contributed by atoms with E-state index in [0.717, 1.165) is 38.0 Å². The second kappa shape index (κ2) is 5.65. The SMILES string of the molecule is Oc1ccccc1Cc1cccc2c1N1CCNCCC1C2. The maximum Gasteiger partial charge on any atom is 0.119 e. The summed E-state index contributed by atoms with van der Waals surface area (Å²) in [5, 5.41) is 13.6. The van der Waals surface area contributed by atoms with Crippen LogP contribution in [0.4, 0.5) is 5.69 Å².